The molecule has 2 atom stereocenters. The van der Waals surface area contributed by atoms with Crippen LogP contribution in [0.3, 0.4) is 0 Å². The van der Waals surface area contributed by atoms with E-state index >= 15 is 0 Å². The van der Waals surface area contributed by atoms with E-state index in [1.54, 1.807) is 11.8 Å². The van der Waals surface area contributed by atoms with Crippen LogP contribution in [0.25, 0.3) is 0 Å². The normalized spacial score (nSPS) is 29.1. The van der Waals surface area contributed by atoms with E-state index in [1.807, 2.05) is 6.92 Å². The van der Waals surface area contributed by atoms with Crippen LogP contribution >= 0.6 is 0 Å². The van der Waals surface area contributed by atoms with Gasteiger partial charge in [-0.3, -0.25) is 9.59 Å². The Kier molecular flexibility index (Phi) is 3.66. The Morgan fingerprint density at radius 3 is 2.65 bits per heavy atom. The van der Waals surface area contributed by atoms with Gasteiger partial charge in [0.1, 0.15) is 6.04 Å². The van der Waals surface area contributed by atoms with E-state index < -0.39 is 0 Å². The number of carbonyl (C=O) groups excluding carboxylic acids is 2. The van der Waals surface area contributed by atoms with Crippen molar-refractivity contribution >= 4 is 11.8 Å². The van der Waals surface area contributed by atoms with Gasteiger partial charge in [-0.15, -0.1) is 0 Å². The number of nitrogens with one attached hydrogen (secondary N) is 1. The molecule has 2 unspecified atom stereocenters. The van der Waals surface area contributed by atoms with Crippen molar-refractivity contribution in [2.45, 2.75) is 38.8 Å². The molecule has 5 heteroatoms. The topological polar surface area (TPSA) is 58.6 Å². The molecule has 0 aromatic heterocycles. The second-order valence-corrected chi connectivity index (χ2v) is 4.89. The van der Waals surface area contributed by atoms with Gasteiger partial charge < -0.3 is 15.0 Å². The molecule has 2 amide bonds. The highest BCUT2D eigenvalue weighted by atomic mass is 16.5. The minimum atomic E-state index is -0.353. The third kappa shape index (κ3) is 2.44. The van der Waals surface area contributed by atoms with Gasteiger partial charge in [0, 0.05) is 19.3 Å². The molecule has 2 aliphatic rings. The fraction of sp³-hybridized carbons (Fsp3) is 0.833. The Hall–Kier alpha value is -1.10. The number of nitrogens with zero attached hydrogens (tertiary/aromatic N) is 1. The van der Waals surface area contributed by atoms with E-state index in [0.29, 0.717) is 5.92 Å². The Labute approximate surface area is 101 Å². The third-order valence-corrected chi connectivity index (χ3v) is 3.89. The zero-order valence-electron chi connectivity index (χ0n) is 10.4. The van der Waals surface area contributed by atoms with Gasteiger partial charge in [0.15, 0.2) is 0 Å². The van der Waals surface area contributed by atoms with Crippen LogP contribution in [0.1, 0.15) is 26.7 Å². The van der Waals surface area contributed by atoms with Crippen LogP contribution in [-0.4, -0.2) is 48.6 Å². The van der Waals surface area contributed by atoms with E-state index in [2.05, 4.69) is 5.32 Å². The molecule has 5 nitrogen and oxygen atoms in total. The molecule has 2 heterocycles. The van der Waals surface area contributed by atoms with Crippen molar-refractivity contribution < 1.29 is 14.3 Å². The summed E-state index contributed by atoms with van der Waals surface area (Å²) in [6.45, 7) is 5.50. The maximum absolute atomic E-state index is 11.9. The smallest absolute Gasteiger partial charge is 0.242 e. The predicted octanol–water partition coefficient (Wildman–Crippen LogP) is 0.148. The molecule has 1 N–H and O–H groups in total. The largest absolute Gasteiger partial charge is 0.381 e. The monoisotopic (exact) mass is 240 g/mol. The quantitative estimate of drug-likeness (QED) is 0.747. The van der Waals surface area contributed by atoms with Gasteiger partial charge in [-0.25, -0.2) is 0 Å². The summed E-state index contributed by atoms with van der Waals surface area (Å²) < 4.78 is 5.33. The second kappa shape index (κ2) is 5.04. The number of hydrogen-bond donors (Lipinski definition) is 1. The molecule has 0 aromatic carbocycles. The van der Waals surface area contributed by atoms with Gasteiger partial charge in [-0.05, 0) is 32.6 Å². The number of ether oxygens (including phenoxy) is 1. The van der Waals surface area contributed by atoms with E-state index in [9.17, 15) is 9.59 Å². The Morgan fingerprint density at radius 2 is 2.00 bits per heavy atom. The van der Waals surface area contributed by atoms with E-state index in [4.69, 9.17) is 4.74 Å². The summed E-state index contributed by atoms with van der Waals surface area (Å²) in [6, 6.07) is -0.235. The van der Waals surface area contributed by atoms with Gasteiger partial charge in [0.05, 0.1) is 6.54 Å². The van der Waals surface area contributed by atoms with Crippen molar-refractivity contribution in [3.8, 4) is 0 Å². The third-order valence-electron chi connectivity index (χ3n) is 3.89. The zero-order valence-corrected chi connectivity index (χ0v) is 10.4. The number of hydrogen-bond acceptors (Lipinski definition) is 3. The Morgan fingerprint density at radius 1 is 1.35 bits per heavy atom. The van der Waals surface area contributed by atoms with Crippen molar-refractivity contribution in [3.63, 3.8) is 0 Å². The molecule has 0 saturated carbocycles. The van der Waals surface area contributed by atoms with Crippen LogP contribution in [0.2, 0.25) is 0 Å². The summed E-state index contributed by atoms with van der Waals surface area (Å²) in [4.78, 5) is 25.3. The standard InChI is InChI=1S/C12H20N2O3/c1-8(10-3-5-17-6-4-10)14-9(2)12(16)13-7-11(14)15/h8-10H,3-7H2,1-2H3,(H,13,16). The van der Waals surface area contributed by atoms with Crippen LogP contribution in [0.4, 0.5) is 0 Å². The van der Waals surface area contributed by atoms with Crippen molar-refractivity contribution in [3.05, 3.63) is 0 Å². The molecule has 0 aliphatic carbocycles. The first kappa shape index (κ1) is 12.4. The molecule has 2 saturated heterocycles. The van der Waals surface area contributed by atoms with Gasteiger partial charge in [-0.2, -0.15) is 0 Å². The van der Waals surface area contributed by atoms with Gasteiger partial charge in [-0.1, -0.05) is 0 Å². The maximum Gasteiger partial charge on any atom is 0.242 e. The number of rotatable bonds is 2. The lowest BCUT2D eigenvalue weighted by Crippen LogP contribution is -2.61. The molecule has 0 bridgehead atoms. The summed E-state index contributed by atoms with van der Waals surface area (Å²) in [6.07, 6.45) is 1.94. The molecule has 2 aliphatic heterocycles. The average molecular weight is 240 g/mol. The van der Waals surface area contributed by atoms with Crippen molar-refractivity contribution in [2.24, 2.45) is 5.92 Å². The molecule has 0 spiro atoms. The van der Waals surface area contributed by atoms with E-state index in [-0.39, 0.29) is 30.4 Å². The Balaban J connectivity index is 2.07. The lowest BCUT2D eigenvalue weighted by Gasteiger charge is -2.41. The van der Waals surface area contributed by atoms with Crippen molar-refractivity contribution in [1.82, 2.24) is 10.2 Å². The minimum absolute atomic E-state index is 0.0242. The zero-order chi connectivity index (χ0) is 12.4. The highest BCUT2D eigenvalue weighted by Crippen LogP contribution is 2.25. The minimum Gasteiger partial charge on any atom is -0.381 e. The lowest BCUT2D eigenvalue weighted by atomic mass is 9.90. The number of piperazine rings is 1. The van der Waals surface area contributed by atoms with E-state index in [1.165, 1.54) is 0 Å². The lowest BCUT2D eigenvalue weighted by molar-refractivity contribution is -0.149. The summed E-state index contributed by atoms with van der Waals surface area (Å²) in [5.41, 5.74) is 0. The Bertz CT molecular complexity index is 313. The first-order valence-corrected chi connectivity index (χ1v) is 6.28. The predicted molar refractivity (Wildman–Crippen MR) is 62.3 cm³/mol. The molecule has 2 fully saturated rings. The summed E-state index contributed by atoms with van der Waals surface area (Å²) >= 11 is 0. The molecular weight excluding hydrogens is 220 g/mol. The number of carbonyl (C=O) groups is 2. The van der Waals surface area contributed by atoms with Gasteiger partial charge in [0.2, 0.25) is 11.8 Å². The molecule has 2 rings (SSSR count). The maximum atomic E-state index is 11.9. The molecule has 17 heavy (non-hydrogen) atoms. The van der Waals surface area contributed by atoms with Crippen LogP contribution in [0.5, 0.6) is 0 Å². The molecule has 0 aromatic rings. The molecule has 96 valence electrons. The highest BCUT2D eigenvalue weighted by molar-refractivity contribution is 5.94. The summed E-state index contributed by atoms with van der Waals surface area (Å²) in [7, 11) is 0. The van der Waals surface area contributed by atoms with E-state index in [0.717, 1.165) is 26.1 Å². The van der Waals surface area contributed by atoms with Crippen LogP contribution in [0.15, 0.2) is 0 Å². The average Bonchev–Trinajstić information content (AvgIpc) is 2.35. The van der Waals surface area contributed by atoms with Gasteiger partial charge >= 0.3 is 0 Å². The molecular formula is C12H20N2O3. The first-order valence-electron chi connectivity index (χ1n) is 6.28. The van der Waals surface area contributed by atoms with Crippen molar-refractivity contribution in [2.75, 3.05) is 19.8 Å². The molecule has 0 radical (unpaired) electrons. The fourth-order valence-corrected chi connectivity index (χ4v) is 2.75. The summed E-state index contributed by atoms with van der Waals surface area (Å²) in [5, 5.41) is 2.61. The first-order chi connectivity index (χ1) is 8.11. The highest BCUT2D eigenvalue weighted by Gasteiger charge is 2.37. The second-order valence-electron chi connectivity index (χ2n) is 4.89. The number of amides is 2. The van der Waals surface area contributed by atoms with Crippen LogP contribution in [-0.2, 0) is 14.3 Å². The van der Waals surface area contributed by atoms with Crippen LogP contribution < -0.4 is 5.32 Å². The van der Waals surface area contributed by atoms with Crippen molar-refractivity contribution in [1.29, 1.82) is 0 Å². The van der Waals surface area contributed by atoms with Gasteiger partial charge in [0.25, 0.3) is 0 Å². The fourth-order valence-electron chi connectivity index (χ4n) is 2.75. The summed E-state index contributed by atoms with van der Waals surface area (Å²) in [5.74, 6) is 0.417. The van der Waals surface area contributed by atoms with Crippen LogP contribution in [0, 0.1) is 5.92 Å². The SMILES string of the molecule is CC1C(=O)NCC(=O)N1C(C)C1CCOCC1.